The number of carbonyl (C=O) groups is 2. The summed E-state index contributed by atoms with van der Waals surface area (Å²) in [6.45, 7) is 9.48. The minimum absolute atomic E-state index is 0.0806. The lowest BCUT2D eigenvalue weighted by atomic mass is 9.88. The van der Waals surface area contributed by atoms with Crippen LogP contribution in [0.3, 0.4) is 0 Å². The zero-order valence-electron chi connectivity index (χ0n) is 20.6. The fraction of sp³-hybridized carbons (Fsp3) is 0.538. The molecule has 1 aromatic carbocycles. The van der Waals surface area contributed by atoms with Gasteiger partial charge in [0.25, 0.3) is 0 Å². The summed E-state index contributed by atoms with van der Waals surface area (Å²) in [6.07, 6.45) is 2.86. The number of thiophene rings is 1. The van der Waals surface area contributed by atoms with Crippen molar-refractivity contribution in [3.63, 3.8) is 0 Å². The molecule has 4 rings (SSSR count). The molecule has 8 heteroatoms. The standard InChI is InChI=1S/C26H35N3O4S/c1-5-33-26(31)23-19-11-10-17(2)16-22(19)34-25(23)27-24(30)18(3)28-12-14-29(15-13-28)20-8-6-7-9-21(20)32-4/h6-9,17-18H,5,10-16H2,1-4H3,(H,27,30). The van der Waals surface area contributed by atoms with Crippen LogP contribution in [-0.4, -0.2) is 62.7 Å². The Morgan fingerprint density at radius 1 is 1.21 bits per heavy atom. The number of ether oxygens (including phenoxy) is 2. The summed E-state index contributed by atoms with van der Waals surface area (Å²) in [5.41, 5.74) is 2.71. The second kappa shape index (κ2) is 10.8. The molecule has 1 aromatic heterocycles. The van der Waals surface area contributed by atoms with Crippen molar-refractivity contribution in [1.29, 1.82) is 0 Å². The van der Waals surface area contributed by atoms with Gasteiger partial charge in [-0.3, -0.25) is 9.69 Å². The van der Waals surface area contributed by atoms with Gasteiger partial charge in [0.15, 0.2) is 0 Å². The Balaban J connectivity index is 1.44. The van der Waals surface area contributed by atoms with Crippen LogP contribution in [0.2, 0.25) is 0 Å². The highest BCUT2D eigenvalue weighted by molar-refractivity contribution is 7.17. The van der Waals surface area contributed by atoms with Crippen LogP contribution >= 0.6 is 11.3 Å². The Labute approximate surface area is 206 Å². The maximum Gasteiger partial charge on any atom is 0.341 e. The van der Waals surface area contributed by atoms with E-state index in [0.717, 1.165) is 62.4 Å². The summed E-state index contributed by atoms with van der Waals surface area (Å²) < 4.78 is 10.9. The van der Waals surface area contributed by atoms with E-state index >= 15 is 0 Å². The minimum atomic E-state index is -0.331. The number of nitrogens with one attached hydrogen (secondary N) is 1. The van der Waals surface area contributed by atoms with Crippen LogP contribution in [0.1, 0.15) is 48.0 Å². The number of nitrogens with zero attached hydrogens (tertiary/aromatic N) is 2. The van der Waals surface area contributed by atoms with Crippen molar-refractivity contribution in [2.75, 3.05) is 50.1 Å². The van der Waals surface area contributed by atoms with Crippen molar-refractivity contribution in [3.05, 3.63) is 40.3 Å². The van der Waals surface area contributed by atoms with Gasteiger partial charge in [0.05, 0.1) is 31.0 Å². The van der Waals surface area contributed by atoms with E-state index in [1.54, 1.807) is 18.4 Å². The zero-order valence-corrected chi connectivity index (χ0v) is 21.4. The van der Waals surface area contributed by atoms with E-state index < -0.39 is 0 Å². The molecule has 2 aliphatic rings. The van der Waals surface area contributed by atoms with E-state index in [9.17, 15) is 9.59 Å². The molecule has 34 heavy (non-hydrogen) atoms. The van der Waals surface area contributed by atoms with Crippen molar-refractivity contribution in [2.24, 2.45) is 5.92 Å². The third kappa shape index (κ3) is 5.08. The molecule has 2 aromatic rings. The van der Waals surface area contributed by atoms with E-state index in [4.69, 9.17) is 9.47 Å². The minimum Gasteiger partial charge on any atom is -0.495 e. The summed E-state index contributed by atoms with van der Waals surface area (Å²) in [6, 6.07) is 7.73. The van der Waals surface area contributed by atoms with Gasteiger partial charge in [-0.15, -0.1) is 11.3 Å². The van der Waals surface area contributed by atoms with Gasteiger partial charge in [-0.1, -0.05) is 19.1 Å². The van der Waals surface area contributed by atoms with Crippen molar-refractivity contribution in [1.82, 2.24) is 4.90 Å². The Morgan fingerprint density at radius 2 is 1.94 bits per heavy atom. The summed E-state index contributed by atoms with van der Waals surface area (Å²) in [4.78, 5) is 31.7. The van der Waals surface area contributed by atoms with Gasteiger partial charge in [-0.05, 0) is 56.7 Å². The fourth-order valence-electron chi connectivity index (χ4n) is 4.88. The van der Waals surface area contributed by atoms with E-state index in [2.05, 4.69) is 28.1 Å². The average molecular weight is 486 g/mol. The molecular weight excluding hydrogens is 450 g/mol. The van der Waals surface area contributed by atoms with Crippen LogP contribution in [0.25, 0.3) is 0 Å². The second-order valence-electron chi connectivity index (χ2n) is 9.14. The number of benzene rings is 1. The van der Waals surface area contributed by atoms with Crippen molar-refractivity contribution < 1.29 is 19.1 Å². The first-order chi connectivity index (χ1) is 16.4. The number of esters is 1. The lowest BCUT2D eigenvalue weighted by molar-refractivity contribution is -0.120. The summed E-state index contributed by atoms with van der Waals surface area (Å²) in [7, 11) is 1.69. The molecule has 2 atom stereocenters. The lowest BCUT2D eigenvalue weighted by Crippen LogP contribution is -2.52. The molecule has 7 nitrogen and oxygen atoms in total. The van der Waals surface area contributed by atoms with Crippen LogP contribution < -0.4 is 15.0 Å². The summed E-state index contributed by atoms with van der Waals surface area (Å²) in [5.74, 6) is 1.04. The number of methoxy groups -OCH3 is 1. The molecule has 184 valence electrons. The number of hydrogen-bond acceptors (Lipinski definition) is 7. The molecule has 1 saturated heterocycles. The Morgan fingerprint density at radius 3 is 2.65 bits per heavy atom. The van der Waals surface area contributed by atoms with Gasteiger partial charge in [0.1, 0.15) is 10.8 Å². The highest BCUT2D eigenvalue weighted by Gasteiger charge is 2.31. The van der Waals surface area contributed by atoms with E-state index in [1.165, 1.54) is 4.88 Å². The third-order valence-electron chi connectivity index (χ3n) is 6.90. The molecular formula is C26H35N3O4S. The number of hydrogen-bond donors (Lipinski definition) is 1. The normalized spacial score (nSPS) is 19.3. The maximum atomic E-state index is 13.2. The van der Waals surface area contributed by atoms with Crippen molar-refractivity contribution in [2.45, 2.75) is 46.1 Å². The molecule has 0 spiro atoms. The van der Waals surface area contributed by atoms with E-state index in [0.29, 0.717) is 23.1 Å². The number of anilines is 2. The Bertz CT molecular complexity index is 1030. The fourth-order valence-corrected chi connectivity index (χ4v) is 6.28. The highest BCUT2D eigenvalue weighted by Crippen LogP contribution is 2.40. The molecule has 0 bridgehead atoms. The number of rotatable bonds is 7. The van der Waals surface area contributed by atoms with E-state index in [-0.39, 0.29) is 17.9 Å². The maximum absolute atomic E-state index is 13.2. The average Bonchev–Trinajstić information content (AvgIpc) is 3.20. The quantitative estimate of drug-likeness (QED) is 0.593. The predicted molar refractivity (Wildman–Crippen MR) is 136 cm³/mol. The van der Waals surface area contributed by atoms with Gasteiger partial charge < -0.3 is 19.7 Å². The van der Waals surface area contributed by atoms with Gasteiger partial charge in [-0.2, -0.15) is 0 Å². The molecule has 1 N–H and O–H groups in total. The van der Waals surface area contributed by atoms with Crippen LogP contribution in [-0.2, 0) is 22.4 Å². The Kier molecular flexibility index (Phi) is 7.78. The molecule has 1 fully saturated rings. The summed E-state index contributed by atoms with van der Waals surface area (Å²) in [5, 5.41) is 3.72. The SMILES string of the molecule is CCOC(=O)c1c(NC(=O)C(C)N2CCN(c3ccccc3OC)CC2)sc2c1CCC(C)C2. The second-order valence-corrected chi connectivity index (χ2v) is 10.2. The molecule has 0 saturated carbocycles. The lowest BCUT2D eigenvalue weighted by Gasteiger charge is -2.38. The van der Waals surface area contributed by atoms with Crippen LogP contribution in [0.4, 0.5) is 10.7 Å². The van der Waals surface area contributed by atoms with Crippen molar-refractivity contribution >= 4 is 33.9 Å². The van der Waals surface area contributed by atoms with Crippen LogP contribution in [0, 0.1) is 5.92 Å². The summed E-state index contributed by atoms with van der Waals surface area (Å²) >= 11 is 1.54. The third-order valence-corrected chi connectivity index (χ3v) is 8.07. The molecule has 2 heterocycles. The largest absolute Gasteiger partial charge is 0.495 e. The molecule has 2 unspecified atom stereocenters. The molecule has 1 aliphatic heterocycles. The van der Waals surface area contributed by atoms with Gasteiger partial charge >= 0.3 is 5.97 Å². The first-order valence-electron chi connectivity index (χ1n) is 12.2. The predicted octanol–water partition coefficient (Wildman–Crippen LogP) is 4.21. The number of piperazine rings is 1. The van der Waals surface area contributed by atoms with Crippen molar-refractivity contribution in [3.8, 4) is 5.75 Å². The molecule has 0 radical (unpaired) electrons. The first-order valence-corrected chi connectivity index (χ1v) is 13.0. The first kappa shape index (κ1) is 24.5. The number of carbonyl (C=O) groups excluding carboxylic acids is 2. The van der Waals surface area contributed by atoms with Crippen LogP contribution in [0.5, 0.6) is 5.75 Å². The smallest absolute Gasteiger partial charge is 0.341 e. The zero-order chi connectivity index (χ0) is 24.2. The monoisotopic (exact) mass is 485 g/mol. The molecule has 1 amide bonds. The van der Waals surface area contributed by atoms with Gasteiger partial charge in [-0.25, -0.2) is 4.79 Å². The number of fused-ring (bicyclic) bond motifs is 1. The van der Waals surface area contributed by atoms with Gasteiger partial charge in [0.2, 0.25) is 5.91 Å². The topological polar surface area (TPSA) is 71.1 Å². The van der Waals surface area contributed by atoms with Crippen LogP contribution in [0.15, 0.2) is 24.3 Å². The number of amides is 1. The molecule has 1 aliphatic carbocycles. The number of para-hydroxylation sites is 2. The highest BCUT2D eigenvalue weighted by atomic mass is 32.1. The Hall–Kier alpha value is -2.58. The van der Waals surface area contributed by atoms with E-state index in [1.807, 2.05) is 32.0 Å². The van der Waals surface area contributed by atoms with Gasteiger partial charge in [0, 0.05) is 31.1 Å².